The average molecular weight is 294 g/mol. The van der Waals surface area contributed by atoms with Crippen molar-refractivity contribution < 1.29 is 22.7 Å². The van der Waals surface area contributed by atoms with E-state index in [9.17, 15) is 13.2 Å². The van der Waals surface area contributed by atoms with Gasteiger partial charge in [0, 0.05) is 0 Å². The van der Waals surface area contributed by atoms with Gasteiger partial charge in [-0.25, -0.2) is 13.2 Å². The van der Waals surface area contributed by atoms with E-state index in [1.165, 1.54) is 12.3 Å². The number of benzene rings is 1. The maximum absolute atomic E-state index is 12.1. The monoisotopic (exact) mass is 294 g/mol. The first-order valence-corrected chi connectivity index (χ1v) is 7.75. The Bertz CT molecular complexity index is 728. The summed E-state index contributed by atoms with van der Waals surface area (Å²) >= 11 is 0. The highest BCUT2D eigenvalue weighted by Gasteiger charge is 2.21. The number of aromatic carboxylic acids is 1. The number of hydrogen-bond acceptors (Lipinski definition) is 4. The van der Waals surface area contributed by atoms with Crippen molar-refractivity contribution in [3.63, 3.8) is 0 Å². The number of rotatable bonds is 5. The first kappa shape index (κ1) is 14.3. The fraction of sp³-hybridized carbons (Fsp3) is 0.214. The summed E-state index contributed by atoms with van der Waals surface area (Å²) in [7, 11) is -3.49. The lowest BCUT2D eigenvalue weighted by molar-refractivity contribution is 0.0695. The molecule has 0 saturated heterocycles. The molecule has 0 aliphatic heterocycles. The number of hydrogen-bond donors (Lipinski definition) is 1. The van der Waals surface area contributed by atoms with E-state index in [1.54, 1.807) is 18.2 Å². The van der Waals surface area contributed by atoms with E-state index in [0.717, 1.165) is 5.56 Å². The van der Waals surface area contributed by atoms with E-state index in [1.807, 2.05) is 13.0 Å². The highest BCUT2D eigenvalue weighted by atomic mass is 32.2. The lowest BCUT2D eigenvalue weighted by atomic mass is 10.2. The minimum atomic E-state index is -3.49. The van der Waals surface area contributed by atoms with Crippen molar-refractivity contribution in [2.75, 3.05) is 0 Å². The van der Waals surface area contributed by atoms with Crippen LogP contribution in [0.5, 0.6) is 0 Å². The molecule has 106 valence electrons. The van der Waals surface area contributed by atoms with Gasteiger partial charge >= 0.3 is 5.97 Å². The number of aryl methyl sites for hydroxylation is 1. The summed E-state index contributed by atoms with van der Waals surface area (Å²) in [5.41, 5.74) is 1.54. The normalized spacial score (nSPS) is 11.4. The van der Waals surface area contributed by atoms with Crippen LogP contribution in [-0.2, 0) is 21.3 Å². The van der Waals surface area contributed by atoms with Gasteiger partial charge in [-0.05, 0) is 18.6 Å². The highest BCUT2D eigenvalue weighted by Crippen LogP contribution is 2.17. The lowest BCUT2D eigenvalue weighted by Gasteiger charge is -2.04. The van der Waals surface area contributed by atoms with Gasteiger partial charge < -0.3 is 9.52 Å². The Morgan fingerprint density at radius 2 is 2.00 bits per heavy atom. The Kier molecular flexibility index (Phi) is 3.94. The van der Waals surface area contributed by atoms with Crippen molar-refractivity contribution >= 4 is 15.8 Å². The summed E-state index contributed by atoms with van der Waals surface area (Å²) in [5.74, 6) is -1.80. The third-order valence-electron chi connectivity index (χ3n) is 2.80. The topological polar surface area (TPSA) is 84.6 Å². The van der Waals surface area contributed by atoms with E-state index in [0.29, 0.717) is 5.56 Å². The molecule has 6 heteroatoms. The van der Waals surface area contributed by atoms with Crippen LogP contribution < -0.4 is 0 Å². The predicted octanol–water partition coefficient (Wildman–Crippen LogP) is 2.40. The Morgan fingerprint density at radius 3 is 2.65 bits per heavy atom. The Balaban J connectivity index is 2.19. The zero-order chi connectivity index (χ0) is 14.8. The number of carboxylic acids is 1. The molecular weight excluding hydrogens is 280 g/mol. The second-order valence-corrected chi connectivity index (χ2v) is 6.65. The largest absolute Gasteiger partial charge is 0.478 e. The van der Waals surface area contributed by atoms with E-state index < -0.39 is 21.6 Å². The van der Waals surface area contributed by atoms with Crippen LogP contribution in [0.15, 0.2) is 41.0 Å². The quantitative estimate of drug-likeness (QED) is 0.915. The highest BCUT2D eigenvalue weighted by molar-refractivity contribution is 7.89. The Hall–Kier alpha value is -2.08. The van der Waals surface area contributed by atoms with Gasteiger partial charge in [-0.1, -0.05) is 29.8 Å². The molecule has 0 aliphatic rings. The van der Waals surface area contributed by atoms with Crippen molar-refractivity contribution in [1.29, 1.82) is 0 Å². The molecule has 0 unspecified atom stereocenters. The van der Waals surface area contributed by atoms with Crippen molar-refractivity contribution in [2.24, 2.45) is 0 Å². The van der Waals surface area contributed by atoms with E-state index >= 15 is 0 Å². The molecule has 20 heavy (non-hydrogen) atoms. The van der Waals surface area contributed by atoms with Crippen LogP contribution in [0.1, 0.15) is 27.2 Å². The van der Waals surface area contributed by atoms with Crippen LogP contribution >= 0.6 is 0 Å². The molecule has 0 radical (unpaired) electrons. The van der Waals surface area contributed by atoms with E-state index in [-0.39, 0.29) is 17.1 Å². The number of furan rings is 1. The van der Waals surface area contributed by atoms with Crippen LogP contribution in [-0.4, -0.2) is 19.5 Å². The molecule has 1 aromatic carbocycles. The van der Waals surface area contributed by atoms with Gasteiger partial charge in [0.25, 0.3) is 0 Å². The Morgan fingerprint density at radius 1 is 1.25 bits per heavy atom. The molecule has 1 N–H and O–H groups in total. The average Bonchev–Trinajstić information content (AvgIpc) is 2.75. The minimum absolute atomic E-state index is 0.0369. The summed E-state index contributed by atoms with van der Waals surface area (Å²) < 4.78 is 29.2. The summed E-state index contributed by atoms with van der Waals surface area (Å²) in [4.78, 5) is 10.9. The first-order valence-electron chi connectivity index (χ1n) is 5.93. The zero-order valence-corrected chi connectivity index (χ0v) is 11.7. The number of sulfone groups is 1. The minimum Gasteiger partial charge on any atom is -0.478 e. The van der Waals surface area contributed by atoms with Crippen LogP contribution in [0.3, 0.4) is 0 Å². The second kappa shape index (κ2) is 5.50. The third kappa shape index (κ3) is 3.48. The molecule has 0 aliphatic carbocycles. The molecule has 5 nitrogen and oxygen atoms in total. The lowest BCUT2D eigenvalue weighted by Crippen LogP contribution is -2.10. The van der Waals surface area contributed by atoms with Crippen molar-refractivity contribution in [2.45, 2.75) is 18.4 Å². The standard InChI is InChI=1S/C14H14O5S/c1-10-3-2-4-11(7-10)8-20(17,18)9-13-12(14(15)16)5-6-19-13/h2-7H,8-9H2,1H3,(H,15,16). The zero-order valence-electron chi connectivity index (χ0n) is 10.9. The van der Waals surface area contributed by atoms with Crippen LogP contribution in [0.25, 0.3) is 0 Å². The maximum atomic E-state index is 12.1. The molecule has 0 spiro atoms. The molecule has 2 rings (SSSR count). The van der Waals surface area contributed by atoms with Crippen LogP contribution in [0, 0.1) is 6.92 Å². The van der Waals surface area contributed by atoms with Gasteiger partial charge in [0.15, 0.2) is 9.84 Å². The first-order chi connectivity index (χ1) is 9.37. The fourth-order valence-corrected chi connectivity index (χ4v) is 3.36. The predicted molar refractivity (Wildman–Crippen MR) is 73.2 cm³/mol. The summed E-state index contributed by atoms with van der Waals surface area (Å²) in [5, 5.41) is 8.92. The molecular formula is C14H14O5S. The molecule has 1 aromatic heterocycles. The van der Waals surface area contributed by atoms with Gasteiger partial charge in [-0.15, -0.1) is 0 Å². The Labute approximate surface area is 116 Å². The van der Waals surface area contributed by atoms with Crippen molar-refractivity contribution in [3.05, 3.63) is 59.0 Å². The van der Waals surface area contributed by atoms with E-state index in [2.05, 4.69) is 0 Å². The van der Waals surface area contributed by atoms with Gasteiger partial charge in [0.1, 0.15) is 17.1 Å². The van der Waals surface area contributed by atoms with Crippen molar-refractivity contribution in [3.8, 4) is 0 Å². The summed E-state index contributed by atoms with van der Waals surface area (Å²) in [6.07, 6.45) is 1.18. The molecule has 0 atom stereocenters. The van der Waals surface area contributed by atoms with Gasteiger partial charge in [-0.3, -0.25) is 0 Å². The third-order valence-corrected chi connectivity index (χ3v) is 4.27. The van der Waals surface area contributed by atoms with Crippen LogP contribution in [0.4, 0.5) is 0 Å². The maximum Gasteiger partial charge on any atom is 0.339 e. The molecule has 1 heterocycles. The van der Waals surface area contributed by atoms with Crippen LogP contribution in [0.2, 0.25) is 0 Å². The molecule has 0 saturated carbocycles. The SMILES string of the molecule is Cc1cccc(CS(=O)(=O)Cc2occc2C(=O)O)c1. The van der Waals surface area contributed by atoms with Gasteiger partial charge in [-0.2, -0.15) is 0 Å². The summed E-state index contributed by atoms with van der Waals surface area (Å²) in [6.45, 7) is 1.88. The molecule has 0 fully saturated rings. The molecule has 0 amide bonds. The number of carbonyl (C=O) groups is 1. The molecule has 2 aromatic rings. The smallest absolute Gasteiger partial charge is 0.339 e. The fourth-order valence-electron chi connectivity index (χ4n) is 1.95. The molecule has 0 bridgehead atoms. The second-order valence-electron chi connectivity index (χ2n) is 4.58. The van der Waals surface area contributed by atoms with Crippen molar-refractivity contribution in [1.82, 2.24) is 0 Å². The summed E-state index contributed by atoms with van der Waals surface area (Å²) in [6, 6.07) is 8.43. The van der Waals surface area contributed by atoms with E-state index in [4.69, 9.17) is 9.52 Å². The van der Waals surface area contributed by atoms with Gasteiger partial charge in [0.2, 0.25) is 0 Å². The van der Waals surface area contributed by atoms with Gasteiger partial charge in [0.05, 0.1) is 12.0 Å². The number of carboxylic acid groups (broad SMARTS) is 1.